The first-order valence-corrected chi connectivity index (χ1v) is 5.90. The van der Waals surface area contributed by atoms with Gasteiger partial charge in [-0.15, -0.1) is 6.42 Å². The predicted octanol–water partition coefficient (Wildman–Crippen LogP) is 2.12. The van der Waals surface area contributed by atoms with Gasteiger partial charge >= 0.3 is 0 Å². The minimum absolute atomic E-state index is 0.0317. The van der Waals surface area contributed by atoms with Crippen LogP contribution in [0.1, 0.15) is 34.1 Å². The number of ether oxygens (including phenoxy) is 1. The van der Waals surface area contributed by atoms with Gasteiger partial charge in [-0.3, -0.25) is 0 Å². The van der Waals surface area contributed by atoms with Crippen molar-refractivity contribution in [1.29, 1.82) is 0 Å². The normalized spacial score (nSPS) is 39.3. The fraction of sp³-hybridized carbons (Fsp3) is 0.846. The molecule has 2 nitrogen and oxygen atoms in total. The summed E-state index contributed by atoms with van der Waals surface area (Å²) in [5.74, 6) is 2.66. The molecule has 0 unspecified atom stereocenters. The molecule has 0 aromatic heterocycles. The second-order valence-corrected chi connectivity index (χ2v) is 5.41. The maximum absolute atomic E-state index is 14.6. The van der Waals surface area contributed by atoms with Crippen LogP contribution in [0.15, 0.2) is 0 Å². The fourth-order valence-corrected chi connectivity index (χ4v) is 2.32. The second kappa shape index (κ2) is 4.73. The molecule has 0 aliphatic carbocycles. The van der Waals surface area contributed by atoms with Crippen molar-refractivity contribution in [2.24, 2.45) is 17.6 Å². The Bertz CT molecular complexity index is 284. The third-order valence-corrected chi connectivity index (χ3v) is 3.15. The summed E-state index contributed by atoms with van der Waals surface area (Å²) in [5, 5.41) is 0. The maximum Gasteiger partial charge on any atom is 0.214 e. The Morgan fingerprint density at radius 3 is 2.31 bits per heavy atom. The van der Waals surface area contributed by atoms with Crippen LogP contribution in [0.2, 0.25) is 0 Å². The monoisotopic (exact) mass is 227 g/mol. The molecule has 0 radical (unpaired) electrons. The molecule has 1 aliphatic heterocycles. The average molecular weight is 227 g/mol. The number of terminal acetylenes is 1. The summed E-state index contributed by atoms with van der Waals surface area (Å²) >= 11 is 0. The molecule has 1 aliphatic rings. The van der Waals surface area contributed by atoms with Crippen LogP contribution in [0, 0.1) is 24.2 Å². The van der Waals surface area contributed by atoms with Crippen molar-refractivity contribution < 1.29 is 9.13 Å². The van der Waals surface area contributed by atoms with Crippen LogP contribution in [0.5, 0.6) is 0 Å². The van der Waals surface area contributed by atoms with E-state index in [-0.39, 0.29) is 12.0 Å². The van der Waals surface area contributed by atoms with E-state index in [2.05, 4.69) is 19.8 Å². The van der Waals surface area contributed by atoms with E-state index in [9.17, 15) is 4.39 Å². The molecule has 1 rings (SSSR count). The zero-order chi connectivity index (χ0) is 12.5. The van der Waals surface area contributed by atoms with Gasteiger partial charge in [-0.2, -0.15) is 0 Å². The lowest BCUT2D eigenvalue weighted by Gasteiger charge is -2.25. The van der Waals surface area contributed by atoms with E-state index >= 15 is 0 Å². The van der Waals surface area contributed by atoms with Crippen LogP contribution in [0.3, 0.4) is 0 Å². The molecule has 1 fully saturated rings. The van der Waals surface area contributed by atoms with E-state index in [1.54, 1.807) is 0 Å². The predicted molar refractivity (Wildman–Crippen MR) is 63.6 cm³/mol. The van der Waals surface area contributed by atoms with Crippen molar-refractivity contribution in [1.82, 2.24) is 0 Å². The molecule has 0 aromatic carbocycles. The summed E-state index contributed by atoms with van der Waals surface area (Å²) in [4.78, 5) is 0. The van der Waals surface area contributed by atoms with Gasteiger partial charge in [0.05, 0.1) is 12.1 Å². The summed E-state index contributed by atoms with van der Waals surface area (Å²) in [6, 6.07) is -0.715. The topological polar surface area (TPSA) is 35.2 Å². The van der Waals surface area contributed by atoms with Gasteiger partial charge in [0, 0.05) is 0 Å². The van der Waals surface area contributed by atoms with Crippen LogP contribution in [0.4, 0.5) is 4.39 Å². The van der Waals surface area contributed by atoms with Crippen LogP contribution >= 0.6 is 0 Å². The van der Waals surface area contributed by atoms with Crippen molar-refractivity contribution in [2.45, 2.75) is 58.0 Å². The van der Waals surface area contributed by atoms with E-state index < -0.39 is 17.8 Å². The quantitative estimate of drug-likeness (QED) is 0.750. The molecule has 16 heavy (non-hydrogen) atoms. The van der Waals surface area contributed by atoms with Gasteiger partial charge in [-0.25, -0.2) is 4.39 Å². The van der Waals surface area contributed by atoms with Gasteiger partial charge in [-0.05, 0) is 18.3 Å². The van der Waals surface area contributed by atoms with E-state index in [1.165, 1.54) is 0 Å². The average Bonchev–Trinajstić information content (AvgIpc) is 2.43. The summed E-state index contributed by atoms with van der Waals surface area (Å²) < 4.78 is 20.3. The lowest BCUT2D eigenvalue weighted by molar-refractivity contribution is -0.0194. The Morgan fingerprint density at radius 2 is 2.00 bits per heavy atom. The summed E-state index contributed by atoms with van der Waals surface area (Å²) in [5.41, 5.74) is 4.08. The van der Waals surface area contributed by atoms with Gasteiger partial charge in [-0.1, -0.05) is 33.6 Å². The Morgan fingerprint density at radius 1 is 1.44 bits per heavy atom. The molecule has 0 spiro atoms. The smallest absolute Gasteiger partial charge is 0.214 e. The lowest BCUT2D eigenvalue weighted by Crippen LogP contribution is -2.50. The van der Waals surface area contributed by atoms with Crippen LogP contribution in [-0.2, 0) is 4.74 Å². The van der Waals surface area contributed by atoms with Crippen molar-refractivity contribution in [3.63, 3.8) is 0 Å². The zero-order valence-corrected chi connectivity index (χ0v) is 10.5. The molecule has 3 heteroatoms. The lowest BCUT2D eigenvalue weighted by atomic mass is 9.85. The van der Waals surface area contributed by atoms with E-state index in [0.717, 1.165) is 6.42 Å². The molecule has 92 valence electrons. The van der Waals surface area contributed by atoms with E-state index in [4.69, 9.17) is 16.9 Å². The summed E-state index contributed by atoms with van der Waals surface area (Å²) in [7, 11) is 0. The molecule has 1 saturated heterocycles. The Balaban J connectivity index is 2.88. The molecular formula is C13H22FNO. The first-order chi connectivity index (χ1) is 7.32. The van der Waals surface area contributed by atoms with Crippen molar-refractivity contribution in [3.05, 3.63) is 0 Å². The van der Waals surface area contributed by atoms with Gasteiger partial charge in [0.15, 0.2) is 0 Å². The molecule has 0 amide bonds. The van der Waals surface area contributed by atoms with Crippen LogP contribution in [-0.4, -0.2) is 23.9 Å². The standard InChI is InChI=1S/C13H22FNO/c1-6-13(14)11(15)10(7-8(2)3)16-12(13)9(4)5/h1,8-12H,7,15H2,2-5H3/t10-,11-,12+,13-/m1/s1. The molecule has 2 N–H and O–H groups in total. The summed E-state index contributed by atoms with van der Waals surface area (Å²) in [6.07, 6.45) is 5.19. The van der Waals surface area contributed by atoms with E-state index in [0.29, 0.717) is 5.92 Å². The summed E-state index contributed by atoms with van der Waals surface area (Å²) in [6.45, 7) is 7.94. The first-order valence-electron chi connectivity index (χ1n) is 5.90. The van der Waals surface area contributed by atoms with Gasteiger partial charge in [0.2, 0.25) is 5.67 Å². The number of halogens is 1. The molecule has 0 bridgehead atoms. The van der Waals surface area contributed by atoms with E-state index in [1.807, 2.05) is 13.8 Å². The SMILES string of the molecule is C#C[C@@]1(F)[C@H](N)[C@@H](CC(C)C)O[C@H]1C(C)C. The Hall–Kier alpha value is -0.590. The highest BCUT2D eigenvalue weighted by atomic mass is 19.1. The fourth-order valence-electron chi connectivity index (χ4n) is 2.32. The highest BCUT2D eigenvalue weighted by molar-refractivity contribution is 5.22. The van der Waals surface area contributed by atoms with Crippen molar-refractivity contribution in [3.8, 4) is 12.3 Å². The molecule has 0 saturated carbocycles. The highest BCUT2D eigenvalue weighted by Gasteiger charge is 2.55. The first kappa shape index (κ1) is 13.5. The van der Waals surface area contributed by atoms with Crippen molar-refractivity contribution >= 4 is 0 Å². The minimum atomic E-state index is -1.83. The van der Waals surface area contributed by atoms with Gasteiger partial charge in [0.1, 0.15) is 6.10 Å². The van der Waals surface area contributed by atoms with Crippen LogP contribution in [0.25, 0.3) is 0 Å². The number of hydrogen-bond acceptors (Lipinski definition) is 2. The number of nitrogens with two attached hydrogens (primary N) is 1. The van der Waals surface area contributed by atoms with Gasteiger partial charge in [0.25, 0.3) is 0 Å². The Kier molecular flexibility index (Phi) is 3.98. The minimum Gasteiger partial charge on any atom is -0.368 e. The molecule has 4 atom stereocenters. The highest BCUT2D eigenvalue weighted by Crippen LogP contribution is 2.38. The second-order valence-electron chi connectivity index (χ2n) is 5.41. The van der Waals surface area contributed by atoms with Crippen LogP contribution < -0.4 is 5.73 Å². The Labute approximate surface area is 97.7 Å². The van der Waals surface area contributed by atoms with Crippen molar-refractivity contribution in [2.75, 3.05) is 0 Å². The molecular weight excluding hydrogens is 205 g/mol. The third kappa shape index (κ3) is 2.23. The molecule has 0 aromatic rings. The number of alkyl halides is 1. The zero-order valence-electron chi connectivity index (χ0n) is 10.5. The molecule has 1 heterocycles. The number of hydrogen-bond donors (Lipinski definition) is 1. The maximum atomic E-state index is 14.6. The third-order valence-electron chi connectivity index (χ3n) is 3.15. The largest absolute Gasteiger partial charge is 0.368 e. The van der Waals surface area contributed by atoms with Gasteiger partial charge < -0.3 is 10.5 Å². The number of rotatable bonds is 3.